The molecule has 1 amide bonds. The van der Waals surface area contributed by atoms with Crippen LogP contribution in [-0.2, 0) is 0 Å². The Morgan fingerprint density at radius 2 is 2.17 bits per heavy atom. The van der Waals surface area contributed by atoms with Crippen LogP contribution < -0.4 is 0 Å². The fourth-order valence-corrected chi connectivity index (χ4v) is 1.92. The Balaban J connectivity index is 3.02. The van der Waals surface area contributed by atoms with E-state index < -0.39 is 22.3 Å². The first kappa shape index (κ1) is 14.6. The minimum absolute atomic E-state index is 0.0302. The van der Waals surface area contributed by atoms with Crippen molar-refractivity contribution < 1.29 is 14.1 Å². The van der Waals surface area contributed by atoms with Gasteiger partial charge in [0.2, 0.25) is 0 Å². The van der Waals surface area contributed by atoms with Gasteiger partial charge in [0.05, 0.1) is 11.0 Å². The molecule has 1 rings (SSSR count). The maximum atomic E-state index is 13.2. The van der Waals surface area contributed by atoms with E-state index in [-0.39, 0.29) is 10.4 Å². The first-order valence-corrected chi connectivity index (χ1v) is 6.07. The van der Waals surface area contributed by atoms with Crippen molar-refractivity contribution in [1.29, 1.82) is 0 Å². The molecule has 0 aliphatic rings. The number of benzene rings is 1. The zero-order valence-corrected chi connectivity index (χ0v) is 11.5. The Hall–Kier alpha value is -1.50. The second kappa shape index (κ2) is 5.90. The van der Waals surface area contributed by atoms with E-state index in [0.717, 1.165) is 18.2 Å². The number of hydrogen-bond acceptors (Lipinski definition) is 3. The third kappa shape index (κ3) is 3.76. The molecule has 7 heteroatoms. The molecule has 0 aliphatic carbocycles. The molecule has 0 saturated carbocycles. The number of alkyl halides is 1. The van der Waals surface area contributed by atoms with Crippen molar-refractivity contribution in [3.05, 3.63) is 39.7 Å². The molecule has 0 radical (unpaired) electrons. The summed E-state index contributed by atoms with van der Waals surface area (Å²) in [7, 11) is 1.55. The summed E-state index contributed by atoms with van der Waals surface area (Å²) < 4.78 is 13.2. The van der Waals surface area contributed by atoms with Gasteiger partial charge < -0.3 is 4.90 Å². The molecular weight excluding hydrogens is 307 g/mol. The number of rotatable bonds is 4. The van der Waals surface area contributed by atoms with Crippen molar-refractivity contribution in [2.75, 3.05) is 13.6 Å². The normalized spacial score (nSPS) is 12.0. The van der Waals surface area contributed by atoms with Crippen LogP contribution in [0.5, 0.6) is 0 Å². The second-order valence-corrected chi connectivity index (χ2v) is 5.48. The number of hydrogen-bond donors (Lipinski definition) is 0. The van der Waals surface area contributed by atoms with Crippen molar-refractivity contribution in [2.45, 2.75) is 11.8 Å². The molecule has 5 nitrogen and oxygen atoms in total. The lowest BCUT2D eigenvalue weighted by Crippen LogP contribution is -2.31. The molecule has 18 heavy (non-hydrogen) atoms. The van der Waals surface area contributed by atoms with Gasteiger partial charge in [-0.1, -0.05) is 22.9 Å². The number of non-ortho nitro benzene ring substituents is 1. The van der Waals surface area contributed by atoms with Crippen LogP contribution >= 0.6 is 15.9 Å². The molecule has 0 aromatic heterocycles. The smallest absolute Gasteiger partial charge is 0.273 e. The first-order chi connectivity index (χ1) is 8.31. The zero-order valence-electron chi connectivity index (χ0n) is 9.89. The minimum Gasteiger partial charge on any atom is -0.341 e. The Kier molecular flexibility index (Phi) is 4.77. The van der Waals surface area contributed by atoms with Crippen LogP contribution in [0.25, 0.3) is 0 Å². The largest absolute Gasteiger partial charge is 0.341 e. The van der Waals surface area contributed by atoms with Gasteiger partial charge in [0.1, 0.15) is 5.82 Å². The van der Waals surface area contributed by atoms with Gasteiger partial charge in [0.15, 0.2) is 0 Å². The van der Waals surface area contributed by atoms with E-state index in [9.17, 15) is 19.3 Å². The van der Waals surface area contributed by atoms with E-state index in [1.54, 1.807) is 7.05 Å². The third-order valence-corrected chi connectivity index (χ3v) is 2.50. The summed E-state index contributed by atoms with van der Waals surface area (Å²) in [6, 6.07) is 2.84. The van der Waals surface area contributed by atoms with Gasteiger partial charge in [-0.05, 0) is 6.07 Å². The van der Waals surface area contributed by atoms with E-state index in [1.165, 1.54) is 4.90 Å². The summed E-state index contributed by atoms with van der Waals surface area (Å²) in [6.45, 7) is 2.28. The Labute approximate surface area is 112 Å². The van der Waals surface area contributed by atoms with Crippen molar-refractivity contribution in [3.8, 4) is 0 Å². The molecule has 1 unspecified atom stereocenters. The van der Waals surface area contributed by atoms with Crippen molar-refractivity contribution in [1.82, 2.24) is 4.90 Å². The van der Waals surface area contributed by atoms with Crippen molar-refractivity contribution >= 4 is 27.5 Å². The number of halogens is 2. The number of nitro benzene ring substituents is 1. The van der Waals surface area contributed by atoms with Crippen LogP contribution in [0.3, 0.4) is 0 Å². The molecule has 1 aromatic carbocycles. The van der Waals surface area contributed by atoms with Gasteiger partial charge in [-0.3, -0.25) is 14.9 Å². The molecular formula is C11H12BrFN2O3. The maximum absolute atomic E-state index is 13.2. The number of nitrogens with zero attached hydrogens (tertiary/aromatic N) is 2. The predicted octanol–water partition coefficient (Wildman–Crippen LogP) is 2.59. The fourth-order valence-electron chi connectivity index (χ4n) is 1.48. The Bertz CT molecular complexity index is 479. The van der Waals surface area contributed by atoms with Gasteiger partial charge in [0.25, 0.3) is 11.6 Å². The van der Waals surface area contributed by atoms with E-state index in [1.807, 2.05) is 6.92 Å². The summed E-state index contributed by atoms with van der Waals surface area (Å²) in [5.74, 6) is -1.25. The van der Waals surface area contributed by atoms with E-state index in [4.69, 9.17) is 0 Å². The van der Waals surface area contributed by atoms with Crippen LogP contribution in [0.1, 0.15) is 17.3 Å². The molecule has 0 N–H and O–H groups in total. The summed E-state index contributed by atoms with van der Waals surface area (Å²) in [5.41, 5.74) is -0.462. The average Bonchev–Trinajstić information content (AvgIpc) is 2.26. The van der Waals surface area contributed by atoms with Crippen molar-refractivity contribution in [2.24, 2.45) is 0 Å². The zero-order chi connectivity index (χ0) is 13.9. The highest BCUT2D eigenvalue weighted by Gasteiger charge is 2.18. The lowest BCUT2D eigenvalue weighted by molar-refractivity contribution is -0.385. The molecule has 0 aliphatic heterocycles. The number of carbonyl (C=O) groups excluding carboxylic acids is 1. The van der Waals surface area contributed by atoms with Crippen LogP contribution in [0.2, 0.25) is 0 Å². The van der Waals surface area contributed by atoms with Crippen LogP contribution in [0.4, 0.5) is 10.1 Å². The van der Waals surface area contributed by atoms with Crippen molar-refractivity contribution in [3.63, 3.8) is 0 Å². The van der Waals surface area contributed by atoms with E-state index in [2.05, 4.69) is 15.9 Å². The molecule has 1 aromatic rings. The van der Waals surface area contributed by atoms with E-state index in [0.29, 0.717) is 6.54 Å². The monoisotopic (exact) mass is 318 g/mol. The van der Waals surface area contributed by atoms with Gasteiger partial charge in [0, 0.05) is 30.0 Å². The number of nitro groups is 1. The standard InChI is InChI=1S/C11H12BrFN2O3/c1-7(12)6-14(2)11(16)8-3-9(13)5-10(4-8)15(17)18/h3-5,7H,6H2,1-2H3. The fraction of sp³-hybridized carbons (Fsp3) is 0.364. The summed E-state index contributed by atoms with van der Waals surface area (Å²) >= 11 is 3.29. The lowest BCUT2D eigenvalue weighted by Gasteiger charge is -2.18. The van der Waals surface area contributed by atoms with Gasteiger partial charge in [-0.25, -0.2) is 4.39 Å². The van der Waals surface area contributed by atoms with Gasteiger partial charge in [-0.15, -0.1) is 0 Å². The molecule has 98 valence electrons. The highest BCUT2D eigenvalue weighted by atomic mass is 79.9. The first-order valence-electron chi connectivity index (χ1n) is 5.15. The SMILES string of the molecule is CC(Br)CN(C)C(=O)c1cc(F)cc([N+](=O)[O-])c1. The average molecular weight is 319 g/mol. The summed E-state index contributed by atoms with van der Waals surface area (Å²) in [6.07, 6.45) is 0. The molecule has 0 spiro atoms. The second-order valence-electron chi connectivity index (χ2n) is 3.92. The summed E-state index contributed by atoms with van der Waals surface area (Å²) in [4.78, 5) is 23.2. The van der Waals surface area contributed by atoms with Crippen LogP contribution in [0, 0.1) is 15.9 Å². The maximum Gasteiger partial charge on any atom is 0.273 e. The predicted molar refractivity (Wildman–Crippen MR) is 68.4 cm³/mol. The molecule has 1 atom stereocenters. The Morgan fingerprint density at radius 1 is 1.56 bits per heavy atom. The number of amides is 1. The Morgan fingerprint density at radius 3 is 2.67 bits per heavy atom. The summed E-state index contributed by atoms with van der Waals surface area (Å²) in [5, 5.41) is 10.6. The lowest BCUT2D eigenvalue weighted by atomic mass is 10.1. The van der Waals surface area contributed by atoms with Gasteiger partial charge >= 0.3 is 0 Å². The highest BCUT2D eigenvalue weighted by Crippen LogP contribution is 2.17. The minimum atomic E-state index is -0.798. The number of carbonyl (C=O) groups is 1. The molecule has 0 bridgehead atoms. The van der Waals surface area contributed by atoms with E-state index >= 15 is 0 Å². The molecule has 0 fully saturated rings. The molecule has 0 heterocycles. The van der Waals surface area contributed by atoms with Crippen LogP contribution in [0.15, 0.2) is 18.2 Å². The molecule has 0 saturated heterocycles. The highest BCUT2D eigenvalue weighted by molar-refractivity contribution is 9.09. The third-order valence-electron chi connectivity index (χ3n) is 2.21. The topological polar surface area (TPSA) is 63.5 Å². The van der Waals surface area contributed by atoms with Gasteiger partial charge in [-0.2, -0.15) is 0 Å². The quantitative estimate of drug-likeness (QED) is 0.487. The van der Waals surface area contributed by atoms with Crippen LogP contribution in [-0.4, -0.2) is 34.2 Å².